The third-order valence-electron chi connectivity index (χ3n) is 4.92. The molecule has 0 bridgehead atoms. The lowest BCUT2D eigenvalue weighted by Gasteiger charge is -2.20. The van der Waals surface area contributed by atoms with Crippen LogP contribution >= 0.6 is 0 Å². The first-order chi connectivity index (χ1) is 13.5. The van der Waals surface area contributed by atoms with E-state index in [-0.39, 0.29) is 24.0 Å². The van der Waals surface area contributed by atoms with Crippen LogP contribution in [0, 0.1) is 0 Å². The van der Waals surface area contributed by atoms with Crippen molar-refractivity contribution in [2.75, 3.05) is 15.6 Å². The van der Waals surface area contributed by atoms with E-state index in [4.69, 9.17) is 0 Å². The van der Waals surface area contributed by atoms with Crippen LogP contribution in [0.2, 0.25) is 0 Å². The van der Waals surface area contributed by atoms with Gasteiger partial charge in [0.1, 0.15) is 11.8 Å². The molecular formula is C21H20N4O3. The second-order valence-corrected chi connectivity index (χ2v) is 6.93. The molecule has 1 unspecified atom stereocenters. The number of nitrogens with one attached hydrogen (secondary N) is 2. The first-order valence-electron chi connectivity index (χ1n) is 9.17. The van der Waals surface area contributed by atoms with Gasteiger partial charge in [-0.1, -0.05) is 18.2 Å². The number of ketones is 1. The second kappa shape index (κ2) is 7.26. The van der Waals surface area contributed by atoms with Gasteiger partial charge in [-0.2, -0.15) is 5.10 Å². The summed E-state index contributed by atoms with van der Waals surface area (Å²) in [6.07, 6.45) is 1.33. The molecule has 2 aliphatic heterocycles. The summed E-state index contributed by atoms with van der Waals surface area (Å²) >= 11 is 0. The van der Waals surface area contributed by atoms with Crippen LogP contribution in [0.15, 0.2) is 53.6 Å². The number of amides is 2. The fourth-order valence-corrected chi connectivity index (χ4v) is 3.45. The molecule has 2 aliphatic rings. The standard InChI is InChI=1S/C21H20N4O3/c1-13(26)19-12-18(24-25(19)16-5-3-2-4-6-16)21(28)22-15-8-9-17-14(11-15)7-10-20(27)23-17/h2-6,8-9,11,19H,7,10,12H2,1H3,(H,22,28)(H,23,27). The summed E-state index contributed by atoms with van der Waals surface area (Å²) in [4.78, 5) is 36.3. The van der Waals surface area contributed by atoms with Crippen LogP contribution in [-0.4, -0.2) is 29.4 Å². The SMILES string of the molecule is CC(=O)C1CC(C(=O)Nc2ccc3c(c2)CCC(=O)N3)=NN1c1ccccc1. The zero-order chi connectivity index (χ0) is 19.7. The molecule has 0 fully saturated rings. The Morgan fingerprint density at radius 2 is 1.93 bits per heavy atom. The Morgan fingerprint density at radius 1 is 1.14 bits per heavy atom. The molecule has 0 aliphatic carbocycles. The van der Waals surface area contributed by atoms with Gasteiger partial charge in [0.25, 0.3) is 5.91 Å². The van der Waals surface area contributed by atoms with E-state index in [1.54, 1.807) is 17.1 Å². The van der Waals surface area contributed by atoms with Gasteiger partial charge in [-0.05, 0) is 49.2 Å². The van der Waals surface area contributed by atoms with E-state index in [2.05, 4.69) is 15.7 Å². The molecule has 2 amide bonds. The molecule has 2 N–H and O–H groups in total. The number of carbonyl (C=O) groups excluding carboxylic acids is 3. The Hall–Kier alpha value is -3.48. The van der Waals surface area contributed by atoms with Crippen molar-refractivity contribution in [2.45, 2.75) is 32.2 Å². The Morgan fingerprint density at radius 3 is 2.68 bits per heavy atom. The predicted octanol–water partition coefficient (Wildman–Crippen LogP) is 2.73. The minimum Gasteiger partial charge on any atom is -0.326 e. The number of hydrogen-bond donors (Lipinski definition) is 2. The highest BCUT2D eigenvalue weighted by Crippen LogP contribution is 2.27. The molecule has 0 saturated carbocycles. The molecule has 1 atom stereocenters. The lowest BCUT2D eigenvalue weighted by molar-refractivity contribution is -0.118. The molecule has 0 spiro atoms. The van der Waals surface area contributed by atoms with E-state index < -0.39 is 6.04 Å². The molecule has 2 aromatic rings. The zero-order valence-corrected chi connectivity index (χ0v) is 15.4. The van der Waals surface area contributed by atoms with Crippen molar-refractivity contribution in [1.29, 1.82) is 0 Å². The van der Waals surface area contributed by atoms with Crippen molar-refractivity contribution in [1.82, 2.24) is 0 Å². The highest BCUT2D eigenvalue weighted by Gasteiger charge is 2.34. The summed E-state index contributed by atoms with van der Waals surface area (Å²) in [6, 6.07) is 14.2. The molecule has 142 valence electrons. The number of nitrogens with zero attached hydrogens (tertiary/aromatic N) is 2. The van der Waals surface area contributed by atoms with E-state index in [0.717, 1.165) is 16.9 Å². The van der Waals surface area contributed by atoms with E-state index in [0.29, 0.717) is 24.2 Å². The van der Waals surface area contributed by atoms with Gasteiger partial charge in [0, 0.05) is 24.2 Å². The minimum absolute atomic E-state index is 0.000810. The molecule has 0 saturated heterocycles. The first-order valence-corrected chi connectivity index (χ1v) is 9.17. The number of aryl methyl sites for hydroxylation is 1. The molecule has 0 radical (unpaired) electrons. The van der Waals surface area contributed by atoms with Gasteiger partial charge in [-0.15, -0.1) is 0 Å². The van der Waals surface area contributed by atoms with E-state index in [9.17, 15) is 14.4 Å². The summed E-state index contributed by atoms with van der Waals surface area (Å²) in [5.41, 5.74) is 3.49. The smallest absolute Gasteiger partial charge is 0.271 e. The van der Waals surface area contributed by atoms with Crippen LogP contribution in [-0.2, 0) is 20.8 Å². The highest BCUT2D eigenvalue weighted by molar-refractivity contribution is 6.44. The topological polar surface area (TPSA) is 90.9 Å². The Bertz CT molecular complexity index is 984. The number of anilines is 3. The Kier molecular flexibility index (Phi) is 4.65. The maximum absolute atomic E-state index is 12.7. The first kappa shape index (κ1) is 17.9. The number of carbonyl (C=O) groups is 3. The van der Waals surface area contributed by atoms with E-state index in [1.807, 2.05) is 36.4 Å². The molecule has 4 rings (SSSR count). The molecular weight excluding hydrogens is 356 g/mol. The van der Waals surface area contributed by atoms with Gasteiger partial charge in [-0.3, -0.25) is 19.4 Å². The van der Waals surface area contributed by atoms with Crippen molar-refractivity contribution in [2.24, 2.45) is 5.10 Å². The number of para-hydroxylation sites is 1. The van der Waals surface area contributed by atoms with Crippen LogP contribution in [0.1, 0.15) is 25.3 Å². The average Bonchev–Trinajstić information content (AvgIpc) is 3.15. The number of hydrogen-bond acceptors (Lipinski definition) is 5. The lowest BCUT2D eigenvalue weighted by atomic mass is 10.0. The van der Waals surface area contributed by atoms with Gasteiger partial charge in [-0.25, -0.2) is 0 Å². The summed E-state index contributed by atoms with van der Waals surface area (Å²) in [6.45, 7) is 1.51. The summed E-state index contributed by atoms with van der Waals surface area (Å²) < 4.78 is 0. The van der Waals surface area contributed by atoms with Gasteiger partial charge in [0.05, 0.1) is 5.69 Å². The number of hydrazone groups is 1. The zero-order valence-electron chi connectivity index (χ0n) is 15.4. The summed E-state index contributed by atoms with van der Waals surface area (Å²) in [7, 11) is 0. The largest absolute Gasteiger partial charge is 0.326 e. The normalized spacial score (nSPS) is 18.2. The number of Topliss-reactive ketones (excluding diaryl/α,β-unsaturated/α-hetero) is 1. The summed E-state index contributed by atoms with van der Waals surface area (Å²) in [5, 5.41) is 11.7. The Balaban J connectivity index is 1.53. The minimum atomic E-state index is -0.484. The maximum atomic E-state index is 12.7. The number of fused-ring (bicyclic) bond motifs is 1. The van der Waals surface area contributed by atoms with Crippen molar-refractivity contribution >= 4 is 40.4 Å². The van der Waals surface area contributed by atoms with E-state index >= 15 is 0 Å². The van der Waals surface area contributed by atoms with Crippen LogP contribution in [0.25, 0.3) is 0 Å². The molecule has 2 aromatic carbocycles. The molecule has 28 heavy (non-hydrogen) atoms. The van der Waals surface area contributed by atoms with Crippen molar-refractivity contribution in [3.05, 3.63) is 54.1 Å². The fraction of sp³-hybridized carbons (Fsp3) is 0.238. The fourth-order valence-electron chi connectivity index (χ4n) is 3.45. The van der Waals surface area contributed by atoms with Crippen molar-refractivity contribution in [3.63, 3.8) is 0 Å². The Labute approximate surface area is 162 Å². The van der Waals surface area contributed by atoms with Gasteiger partial charge < -0.3 is 10.6 Å². The third kappa shape index (κ3) is 3.51. The monoisotopic (exact) mass is 376 g/mol. The molecule has 2 heterocycles. The third-order valence-corrected chi connectivity index (χ3v) is 4.92. The van der Waals surface area contributed by atoms with Crippen molar-refractivity contribution < 1.29 is 14.4 Å². The van der Waals surface area contributed by atoms with Crippen molar-refractivity contribution in [3.8, 4) is 0 Å². The van der Waals surface area contributed by atoms with Crippen LogP contribution in [0.3, 0.4) is 0 Å². The number of benzene rings is 2. The predicted molar refractivity (Wildman–Crippen MR) is 107 cm³/mol. The second-order valence-electron chi connectivity index (χ2n) is 6.93. The summed E-state index contributed by atoms with van der Waals surface area (Å²) in [5.74, 6) is -0.370. The van der Waals surface area contributed by atoms with Crippen LogP contribution in [0.4, 0.5) is 17.1 Å². The van der Waals surface area contributed by atoms with Gasteiger partial charge >= 0.3 is 0 Å². The molecule has 7 heteroatoms. The average molecular weight is 376 g/mol. The number of rotatable bonds is 4. The maximum Gasteiger partial charge on any atom is 0.271 e. The van der Waals surface area contributed by atoms with E-state index in [1.165, 1.54) is 6.92 Å². The highest BCUT2D eigenvalue weighted by atomic mass is 16.2. The van der Waals surface area contributed by atoms with Crippen LogP contribution < -0.4 is 15.6 Å². The molecule has 7 nitrogen and oxygen atoms in total. The van der Waals surface area contributed by atoms with Gasteiger partial charge in [0.2, 0.25) is 5.91 Å². The quantitative estimate of drug-likeness (QED) is 0.858. The van der Waals surface area contributed by atoms with Gasteiger partial charge in [0.15, 0.2) is 5.78 Å². The van der Waals surface area contributed by atoms with Crippen LogP contribution in [0.5, 0.6) is 0 Å². The molecule has 0 aromatic heterocycles. The lowest BCUT2D eigenvalue weighted by Crippen LogP contribution is -2.33.